The van der Waals surface area contributed by atoms with Crippen molar-refractivity contribution in [2.75, 3.05) is 4.90 Å². The van der Waals surface area contributed by atoms with Crippen molar-refractivity contribution in [3.05, 3.63) is 230 Å². The summed E-state index contributed by atoms with van der Waals surface area (Å²) in [7, 11) is 0. The topological polar surface area (TPSA) is 3.24 Å². The summed E-state index contributed by atoms with van der Waals surface area (Å²) in [6, 6.07) is 66.7. The van der Waals surface area contributed by atoms with E-state index in [1.165, 1.54) is 76.5 Å². The monoisotopic (exact) mass is 725 g/mol. The van der Waals surface area contributed by atoms with Crippen molar-refractivity contribution in [1.29, 1.82) is 0 Å². The molecule has 0 radical (unpaired) electrons. The molecule has 1 heteroatoms. The van der Waals surface area contributed by atoms with E-state index in [1.54, 1.807) is 0 Å². The number of nitrogens with zero attached hydrogens (tertiary/aromatic N) is 1. The van der Waals surface area contributed by atoms with Gasteiger partial charge in [0.05, 0.1) is 5.69 Å². The highest BCUT2D eigenvalue weighted by atomic mass is 15.1. The molecule has 0 saturated carbocycles. The van der Waals surface area contributed by atoms with E-state index >= 15 is 0 Å². The molecule has 0 saturated heterocycles. The second-order valence-corrected chi connectivity index (χ2v) is 15.2. The predicted molar refractivity (Wildman–Crippen MR) is 244 cm³/mol. The van der Waals surface area contributed by atoms with Crippen molar-refractivity contribution in [1.82, 2.24) is 0 Å². The van der Waals surface area contributed by atoms with E-state index in [9.17, 15) is 0 Å². The maximum atomic E-state index is 2.49. The second kappa shape index (κ2) is 13.8. The first kappa shape index (κ1) is 33.1. The molecule has 0 aromatic heterocycles. The third kappa shape index (κ3) is 5.62. The van der Waals surface area contributed by atoms with Gasteiger partial charge < -0.3 is 4.90 Å². The smallest absolute Gasteiger partial charge is 0.0540 e. The first-order valence-corrected chi connectivity index (χ1v) is 19.9. The molecular formula is C56H39N. The zero-order valence-electron chi connectivity index (χ0n) is 31.5. The van der Waals surface area contributed by atoms with Crippen LogP contribution in [0.1, 0.15) is 5.56 Å². The van der Waals surface area contributed by atoms with Gasteiger partial charge in [0.15, 0.2) is 0 Å². The minimum Gasteiger partial charge on any atom is -0.310 e. The lowest BCUT2D eigenvalue weighted by Gasteiger charge is -2.28. The van der Waals surface area contributed by atoms with Crippen LogP contribution in [0.15, 0.2) is 225 Å². The van der Waals surface area contributed by atoms with Crippen molar-refractivity contribution in [3.63, 3.8) is 0 Å². The van der Waals surface area contributed by atoms with Gasteiger partial charge in [-0.25, -0.2) is 0 Å². The highest BCUT2D eigenvalue weighted by Gasteiger charge is 2.25. The van der Waals surface area contributed by atoms with Crippen molar-refractivity contribution >= 4 is 65.7 Å². The Hall–Kier alpha value is -7.22. The number of rotatable bonds is 6. The van der Waals surface area contributed by atoms with Crippen LogP contribution < -0.4 is 4.90 Å². The third-order valence-electron chi connectivity index (χ3n) is 11.9. The number of anilines is 3. The first-order chi connectivity index (χ1) is 28.3. The largest absolute Gasteiger partial charge is 0.310 e. The quantitative estimate of drug-likeness (QED) is 0.154. The Morgan fingerprint density at radius 1 is 0.386 bits per heavy atom. The Balaban J connectivity index is 1.22. The Labute approximate surface area is 333 Å². The van der Waals surface area contributed by atoms with Crippen LogP contribution in [0.2, 0.25) is 0 Å². The van der Waals surface area contributed by atoms with Crippen molar-refractivity contribution in [2.24, 2.45) is 11.8 Å². The van der Waals surface area contributed by atoms with Crippen LogP contribution >= 0.6 is 0 Å². The Kier molecular flexibility index (Phi) is 8.03. The summed E-state index contributed by atoms with van der Waals surface area (Å²) in [5, 5.41) is 10.1. The molecule has 0 amide bonds. The molecule has 2 aliphatic carbocycles. The fourth-order valence-corrected chi connectivity index (χ4v) is 9.32. The molecule has 9 aromatic rings. The average Bonchev–Trinajstić information content (AvgIpc) is 3.29. The van der Waals surface area contributed by atoms with Crippen LogP contribution in [0.4, 0.5) is 17.1 Å². The predicted octanol–water partition coefficient (Wildman–Crippen LogP) is 15.4. The zero-order chi connectivity index (χ0) is 37.7. The van der Waals surface area contributed by atoms with Crippen LogP contribution in [0.25, 0.3) is 70.9 Å². The lowest BCUT2D eigenvalue weighted by molar-refractivity contribution is 0.663. The summed E-state index contributed by atoms with van der Waals surface area (Å²) >= 11 is 0. The van der Waals surface area contributed by atoms with Gasteiger partial charge in [-0.3, -0.25) is 0 Å². The lowest BCUT2D eigenvalue weighted by atomic mass is 9.77. The van der Waals surface area contributed by atoms with Crippen LogP contribution in [0.3, 0.4) is 0 Å². The first-order valence-electron chi connectivity index (χ1n) is 19.9. The average molecular weight is 726 g/mol. The van der Waals surface area contributed by atoms with E-state index in [-0.39, 0.29) is 0 Å². The van der Waals surface area contributed by atoms with Crippen molar-refractivity contribution in [3.8, 4) is 22.3 Å². The molecule has 57 heavy (non-hydrogen) atoms. The number of hydrogen-bond acceptors (Lipinski definition) is 1. The summed E-state index contributed by atoms with van der Waals surface area (Å²) < 4.78 is 0. The molecule has 0 spiro atoms. The molecule has 11 rings (SSSR count). The SMILES string of the molecule is C1=CC2C=CC(c3cc(-c4ccccc4)c4c5ccccc5c5ccccc5c4c3-c3ccc(N(c4ccccc4)c4cccc5ccccc45)cc3)=CC2C=C1. The van der Waals surface area contributed by atoms with Gasteiger partial charge in [0.25, 0.3) is 0 Å². The van der Waals surface area contributed by atoms with E-state index in [0.29, 0.717) is 11.8 Å². The highest BCUT2D eigenvalue weighted by Crippen LogP contribution is 2.49. The molecule has 0 fully saturated rings. The van der Waals surface area contributed by atoms with Gasteiger partial charge in [0.1, 0.15) is 0 Å². The van der Waals surface area contributed by atoms with Gasteiger partial charge in [-0.1, -0.05) is 188 Å². The Morgan fingerprint density at radius 2 is 0.965 bits per heavy atom. The Morgan fingerprint density at radius 3 is 1.70 bits per heavy atom. The van der Waals surface area contributed by atoms with Crippen LogP contribution in [-0.4, -0.2) is 0 Å². The third-order valence-corrected chi connectivity index (χ3v) is 11.9. The zero-order valence-corrected chi connectivity index (χ0v) is 31.5. The molecule has 9 aromatic carbocycles. The second-order valence-electron chi connectivity index (χ2n) is 15.2. The molecule has 2 atom stereocenters. The molecule has 1 nitrogen and oxygen atoms in total. The fourth-order valence-electron chi connectivity index (χ4n) is 9.32. The Bertz CT molecular complexity index is 3110. The van der Waals surface area contributed by atoms with Gasteiger partial charge in [-0.05, 0) is 107 Å². The number of benzene rings is 9. The lowest BCUT2D eigenvalue weighted by Crippen LogP contribution is -2.12. The standard InChI is InChI=1S/C56H39N/c1-3-17-40(18-4-1)51-37-52(43-31-30-38-16-7-8-20-42(38)36-43)54(56-50-28-14-12-26-48(50)47-25-11-13-27-49(47)55(51)56)41-32-34-45(35-33-41)57(44-22-5-2-6-23-44)53-29-15-21-39-19-9-10-24-46(39)53/h1-38,42H. The van der Waals surface area contributed by atoms with E-state index in [4.69, 9.17) is 0 Å². The van der Waals surface area contributed by atoms with E-state index in [0.717, 1.165) is 17.1 Å². The highest BCUT2D eigenvalue weighted by molar-refractivity contribution is 6.32. The molecule has 0 N–H and O–H groups in total. The van der Waals surface area contributed by atoms with Crippen molar-refractivity contribution in [2.45, 2.75) is 0 Å². The van der Waals surface area contributed by atoms with Gasteiger partial charge >= 0.3 is 0 Å². The van der Waals surface area contributed by atoms with E-state index < -0.39 is 0 Å². The number of fused-ring (bicyclic) bond motifs is 8. The molecule has 2 unspecified atom stereocenters. The number of allylic oxidation sites excluding steroid dienone is 8. The van der Waals surface area contributed by atoms with Crippen LogP contribution in [0, 0.1) is 11.8 Å². The fraction of sp³-hybridized carbons (Fsp3) is 0.0357. The van der Waals surface area contributed by atoms with Crippen LogP contribution in [0.5, 0.6) is 0 Å². The summed E-state index contributed by atoms with van der Waals surface area (Å²) in [5.41, 5.74) is 10.8. The molecular weight excluding hydrogens is 687 g/mol. The number of para-hydroxylation sites is 1. The summed E-state index contributed by atoms with van der Waals surface area (Å²) in [5.74, 6) is 0.688. The number of hydrogen-bond donors (Lipinski definition) is 0. The van der Waals surface area contributed by atoms with Gasteiger partial charge in [-0.2, -0.15) is 0 Å². The van der Waals surface area contributed by atoms with Crippen molar-refractivity contribution < 1.29 is 0 Å². The minimum atomic E-state index is 0.314. The summed E-state index contributed by atoms with van der Waals surface area (Å²) in [6.45, 7) is 0. The van der Waals surface area contributed by atoms with Gasteiger partial charge in [0, 0.05) is 28.6 Å². The summed E-state index contributed by atoms with van der Waals surface area (Å²) in [4.78, 5) is 2.39. The molecule has 268 valence electrons. The normalized spacial score (nSPS) is 16.0. The van der Waals surface area contributed by atoms with Gasteiger partial charge in [0.2, 0.25) is 0 Å². The van der Waals surface area contributed by atoms with E-state index in [1.807, 2.05) is 0 Å². The maximum Gasteiger partial charge on any atom is 0.0540 e. The molecule has 0 bridgehead atoms. The van der Waals surface area contributed by atoms with E-state index in [2.05, 4.69) is 229 Å². The van der Waals surface area contributed by atoms with Crippen LogP contribution in [-0.2, 0) is 0 Å². The molecule has 0 aliphatic heterocycles. The molecule has 2 aliphatic rings. The minimum absolute atomic E-state index is 0.314. The van der Waals surface area contributed by atoms with Gasteiger partial charge in [-0.15, -0.1) is 0 Å². The maximum absolute atomic E-state index is 2.49. The summed E-state index contributed by atoms with van der Waals surface area (Å²) in [6.07, 6.45) is 16.3. The molecule has 0 heterocycles.